The first kappa shape index (κ1) is 20.1. The molecule has 1 saturated heterocycles. The van der Waals surface area contributed by atoms with Gasteiger partial charge in [-0.1, -0.05) is 12.1 Å². The highest BCUT2D eigenvalue weighted by Gasteiger charge is 2.33. The summed E-state index contributed by atoms with van der Waals surface area (Å²) < 4.78 is 41.1. The lowest BCUT2D eigenvalue weighted by molar-refractivity contribution is -0.0220. The van der Waals surface area contributed by atoms with Crippen molar-refractivity contribution in [3.8, 4) is 0 Å². The average molecular weight is 413 g/mol. The third-order valence-corrected chi connectivity index (χ3v) is 5.28. The Hall–Kier alpha value is -3.22. The third-order valence-electron chi connectivity index (χ3n) is 5.28. The Morgan fingerprint density at radius 3 is 2.10 bits per heavy atom. The standard InChI is InChI=1S/C23H22F3N3O/c24-18-9-12-29(22(30)15-18)16-17-1-3-19(4-2-17)27-20-5-7-21(8-6-20)28-13-10-23(25,26)11-14-28/h1-9,12,15,27H,10-11,13-14,16H2. The number of aromatic nitrogens is 1. The molecule has 0 amide bonds. The monoisotopic (exact) mass is 413 g/mol. The first-order chi connectivity index (χ1) is 14.4. The fourth-order valence-corrected chi connectivity index (χ4v) is 3.52. The predicted octanol–water partition coefficient (Wildman–Crippen LogP) is 5.01. The molecular weight excluding hydrogens is 391 g/mol. The molecule has 2 aromatic carbocycles. The van der Waals surface area contributed by atoms with Crippen LogP contribution in [0.3, 0.4) is 0 Å². The zero-order chi connectivity index (χ0) is 21.1. The number of hydrogen-bond donors (Lipinski definition) is 1. The number of anilines is 3. The minimum Gasteiger partial charge on any atom is -0.371 e. The normalized spacial score (nSPS) is 15.8. The molecule has 30 heavy (non-hydrogen) atoms. The van der Waals surface area contributed by atoms with Crippen LogP contribution in [0.4, 0.5) is 30.2 Å². The molecule has 0 saturated carbocycles. The predicted molar refractivity (Wildman–Crippen MR) is 112 cm³/mol. The van der Waals surface area contributed by atoms with E-state index in [0.29, 0.717) is 19.6 Å². The molecule has 1 aliphatic rings. The molecule has 1 aromatic heterocycles. The van der Waals surface area contributed by atoms with E-state index in [1.54, 1.807) is 0 Å². The Bertz CT molecular complexity index is 1050. The van der Waals surface area contributed by atoms with Crippen molar-refractivity contribution in [3.05, 3.63) is 88.6 Å². The lowest BCUT2D eigenvalue weighted by Gasteiger charge is -2.33. The van der Waals surface area contributed by atoms with Crippen molar-refractivity contribution >= 4 is 17.1 Å². The van der Waals surface area contributed by atoms with Crippen LogP contribution in [0.15, 0.2) is 71.7 Å². The highest BCUT2D eigenvalue weighted by molar-refractivity contribution is 5.63. The van der Waals surface area contributed by atoms with Gasteiger partial charge in [0, 0.05) is 55.3 Å². The van der Waals surface area contributed by atoms with E-state index in [-0.39, 0.29) is 18.4 Å². The van der Waals surface area contributed by atoms with Crippen LogP contribution in [0.1, 0.15) is 18.4 Å². The van der Waals surface area contributed by atoms with Gasteiger partial charge in [-0.05, 0) is 48.0 Å². The molecular formula is C23H22F3N3O. The van der Waals surface area contributed by atoms with Gasteiger partial charge < -0.3 is 14.8 Å². The van der Waals surface area contributed by atoms with Gasteiger partial charge in [0.2, 0.25) is 0 Å². The van der Waals surface area contributed by atoms with Gasteiger partial charge in [0.05, 0.1) is 6.54 Å². The summed E-state index contributed by atoms with van der Waals surface area (Å²) in [7, 11) is 0. The van der Waals surface area contributed by atoms with Crippen LogP contribution in [0.25, 0.3) is 0 Å². The molecule has 0 atom stereocenters. The molecule has 4 nitrogen and oxygen atoms in total. The van der Waals surface area contributed by atoms with Crippen LogP contribution in [0, 0.1) is 5.82 Å². The molecule has 1 aliphatic heterocycles. The maximum Gasteiger partial charge on any atom is 0.253 e. The van der Waals surface area contributed by atoms with Gasteiger partial charge in [-0.25, -0.2) is 13.2 Å². The quantitative estimate of drug-likeness (QED) is 0.639. The van der Waals surface area contributed by atoms with Gasteiger partial charge in [-0.15, -0.1) is 0 Å². The number of nitrogens with zero attached hydrogens (tertiary/aromatic N) is 2. The number of pyridine rings is 1. The molecule has 1 N–H and O–H groups in total. The number of benzene rings is 2. The second-order valence-corrected chi connectivity index (χ2v) is 7.52. The molecule has 1 fully saturated rings. The summed E-state index contributed by atoms with van der Waals surface area (Å²) in [4.78, 5) is 13.8. The van der Waals surface area contributed by atoms with E-state index in [2.05, 4.69) is 5.32 Å². The van der Waals surface area contributed by atoms with E-state index in [1.807, 2.05) is 53.4 Å². The van der Waals surface area contributed by atoms with Crippen molar-refractivity contribution in [1.29, 1.82) is 0 Å². The summed E-state index contributed by atoms with van der Waals surface area (Å²) in [6.45, 7) is 1.08. The van der Waals surface area contributed by atoms with Gasteiger partial charge >= 0.3 is 0 Å². The van der Waals surface area contributed by atoms with Crippen molar-refractivity contribution < 1.29 is 13.2 Å². The molecule has 7 heteroatoms. The summed E-state index contributed by atoms with van der Waals surface area (Å²) in [5.41, 5.74) is 3.26. The van der Waals surface area contributed by atoms with Gasteiger partial charge in [-0.2, -0.15) is 0 Å². The SMILES string of the molecule is O=c1cc(F)ccn1Cc1ccc(Nc2ccc(N3CCC(F)(F)CC3)cc2)cc1. The van der Waals surface area contributed by atoms with Crippen LogP contribution in [0.2, 0.25) is 0 Å². The molecule has 2 heterocycles. The lowest BCUT2D eigenvalue weighted by Crippen LogP contribution is -2.39. The maximum atomic E-state index is 13.3. The lowest BCUT2D eigenvalue weighted by atomic mass is 10.1. The molecule has 156 valence electrons. The van der Waals surface area contributed by atoms with E-state index in [9.17, 15) is 18.0 Å². The van der Waals surface area contributed by atoms with Crippen LogP contribution in [-0.4, -0.2) is 23.6 Å². The molecule has 0 spiro atoms. The summed E-state index contributed by atoms with van der Waals surface area (Å²) in [6.07, 6.45) is 1.22. The number of rotatable bonds is 5. The largest absolute Gasteiger partial charge is 0.371 e. The van der Waals surface area contributed by atoms with Crippen LogP contribution >= 0.6 is 0 Å². The van der Waals surface area contributed by atoms with Gasteiger partial charge in [0.1, 0.15) is 5.82 Å². The van der Waals surface area contributed by atoms with Crippen LogP contribution in [-0.2, 0) is 6.54 Å². The molecule has 0 bridgehead atoms. The van der Waals surface area contributed by atoms with Crippen LogP contribution in [0.5, 0.6) is 0 Å². The highest BCUT2D eigenvalue weighted by Crippen LogP contribution is 2.31. The van der Waals surface area contributed by atoms with Crippen molar-refractivity contribution in [2.24, 2.45) is 0 Å². The second-order valence-electron chi connectivity index (χ2n) is 7.52. The number of nitrogens with one attached hydrogen (secondary N) is 1. The third kappa shape index (κ3) is 4.84. The molecule has 0 aliphatic carbocycles. The summed E-state index contributed by atoms with van der Waals surface area (Å²) in [5, 5.41) is 3.30. The number of halogens is 3. The first-order valence-corrected chi connectivity index (χ1v) is 9.83. The Balaban J connectivity index is 1.37. The number of piperidine rings is 1. The van der Waals surface area contributed by atoms with E-state index in [4.69, 9.17) is 0 Å². The van der Waals surface area contributed by atoms with Crippen molar-refractivity contribution in [1.82, 2.24) is 4.57 Å². The molecule has 3 aromatic rings. The van der Waals surface area contributed by atoms with Gasteiger partial charge in [-0.3, -0.25) is 4.79 Å². The van der Waals surface area contributed by atoms with Crippen molar-refractivity contribution in [2.75, 3.05) is 23.3 Å². The number of hydrogen-bond acceptors (Lipinski definition) is 3. The Morgan fingerprint density at radius 2 is 1.50 bits per heavy atom. The van der Waals surface area contributed by atoms with E-state index in [0.717, 1.165) is 28.7 Å². The molecule has 4 rings (SSSR count). The van der Waals surface area contributed by atoms with Crippen LogP contribution < -0.4 is 15.8 Å². The van der Waals surface area contributed by atoms with Gasteiger partial charge in [0.15, 0.2) is 0 Å². The molecule has 0 unspecified atom stereocenters. The Kier molecular flexibility index (Phi) is 5.53. The van der Waals surface area contributed by atoms with Crippen molar-refractivity contribution in [3.63, 3.8) is 0 Å². The maximum absolute atomic E-state index is 13.3. The Morgan fingerprint density at radius 1 is 0.900 bits per heavy atom. The summed E-state index contributed by atoms with van der Waals surface area (Å²) in [5.74, 6) is -3.09. The highest BCUT2D eigenvalue weighted by atomic mass is 19.3. The topological polar surface area (TPSA) is 37.3 Å². The second kappa shape index (κ2) is 8.26. The average Bonchev–Trinajstić information content (AvgIpc) is 2.72. The zero-order valence-electron chi connectivity index (χ0n) is 16.3. The minimum atomic E-state index is -2.55. The van der Waals surface area contributed by atoms with Gasteiger partial charge in [0.25, 0.3) is 11.5 Å². The number of alkyl halides is 2. The summed E-state index contributed by atoms with van der Waals surface area (Å²) in [6, 6.07) is 17.6. The van der Waals surface area contributed by atoms with Crippen molar-refractivity contribution in [2.45, 2.75) is 25.3 Å². The van der Waals surface area contributed by atoms with E-state index < -0.39 is 11.7 Å². The fraction of sp³-hybridized carbons (Fsp3) is 0.261. The smallest absolute Gasteiger partial charge is 0.253 e. The van der Waals surface area contributed by atoms with E-state index in [1.165, 1.54) is 16.8 Å². The Labute approximate surface area is 172 Å². The first-order valence-electron chi connectivity index (χ1n) is 9.83. The molecule has 0 radical (unpaired) electrons. The summed E-state index contributed by atoms with van der Waals surface area (Å²) >= 11 is 0. The van der Waals surface area contributed by atoms with E-state index >= 15 is 0 Å². The minimum absolute atomic E-state index is 0.108. The zero-order valence-corrected chi connectivity index (χ0v) is 16.3. The fourth-order valence-electron chi connectivity index (χ4n) is 3.52.